The van der Waals surface area contributed by atoms with E-state index in [0.717, 1.165) is 0 Å². The Balaban J connectivity index is 1.73. The summed E-state index contributed by atoms with van der Waals surface area (Å²) in [5.74, 6) is 1.22. The first-order valence-corrected chi connectivity index (χ1v) is 12.0. The number of sulfonamides is 1. The van der Waals surface area contributed by atoms with Gasteiger partial charge < -0.3 is 15.4 Å². The Labute approximate surface area is 182 Å². The highest BCUT2D eigenvalue weighted by Crippen LogP contribution is 2.34. The average Bonchev–Trinajstić information content (AvgIpc) is 3.03. The minimum absolute atomic E-state index is 0.0849. The number of hydrogen-bond acceptors (Lipinski definition) is 5. The molecule has 1 aliphatic heterocycles. The molecule has 3 N–H and O–H groups in total. The third-order valence-corrected chi connectivity index (χ3v) is 7.50. The summed E-state index contributed by atoms with van der Waals surface area (Å²) in [7, 11) is -3.77. The molecule has 0 unspecified atom stereocenters. The van der Waals surface area contributed by atoms with Crippen LogP contribution in [0.1, 0.15) is 20.8 Å². The first kappa shape index (κ1) is 22.5. The Morgan fingerprint density at radius 3 is 2.23 bits per heavy atom. The number of primary amides is 1. The summed E-state index contributed by atoms with van der Waals surface area (Å²) in [6.07, 6.45) is 0. The van der Waals surface area contributed by atoms with E-state index in [9.17, 15) is 13.2 Å². The molecule has 0 spiro atoms. The van der Waals surface area contributed by atoms with Crippen molar-refractivity contribution >= 4 is 27.8 Å². The van der Waals surface area contributed by atoms with E-state index in [4.69, 9.17) is 10.5 Å². The molecule has 0 saturated carbocycles. The molecule has 9 heteroatoms. The molecule has 1 aliphatic rings. The minimum Gasteiger partial charge on any atom is -0.457 e. The number of hydrogen-bond donors (Lipinski definition) is 2. The van der Waals surface area contributed by atoms with E-state index >= 15 is 0 Å². The Kier molecular flexibility index (Phi) is 6.64. The minimum atomic E-state index is -3.77. The number of thioether (sulfide) groups is 1. The molecule has 1 heterocycles. The number of nitrogens with two attached hydrogens (primary N) is 1. The molecule has 162 valence electrons. The fourth-order valence-corrected chi connectivity index (χ4v) is 6.05. The van der Waals surface area contributed by atoms with Gasteiger partial charge in [-0.05, 0) is 36.4 Å². The van der Waals surface area contributed by atoms with E-state index in [1.165, 1.54) is 17.0 Å². The summed E-state index contributed by atoms with van der Waals surface area (Å²) >= 11 is 1.64. The maximum Gasteiger partial charge on any atom is 0.314 e. The fraction of sp³-hybridized carbons (Fsp3) is 0.381. The lowest BCUT2D eigenvalue weighted by molar-refractivity contribution is 0.218. The average molecular weight is 450 g/mol. The summed E-state index contributed by atoms with van der Waals surface area (Å²) < 4.78 is 34.3. The quantitative estimate of drug-likeness (QED) is 0.704. The van der Waals surface area contributed by atoms with Gasteiger partial charge in [0.05, 0.1) is 10.9 Å². The molecule has 2 aromatic rings. The van der Waals surface area contributed by atoms with Crippen molar-refractivity contribution in [2.24, 2.45) is 5.73 Å². The van der Waals surface area contributed by atoms with Crippen LogP contribution < -0.4 is 15.2 Å². The first-order chi connectivity index (χ1) is 14.0. The molecule has 7 nitrogen and oxygen atoms in total. The normalized spacial score (nSPS) is 19.6. The van der Waals surface area contributed by atoms with Crippen molar-refractivity contribution in [3.8, 4) is 11.5 Å². The Morgan fingerprint density at radius 2 is 1.67 bits per heavy atom. The predicted octanol–water partition coefficient (Wildman–Crippen LogP) is 3.42. The van der Waals surface area contributed by atoms with Crippen LogP contribution in [0.25, 0.3) is 0 Å². The summed E-state index contributed by atoms with van der Waals surface area (Å²) in [5, 5.41) is -0.0898. The van der Waals surface area contributed by atoms with E-state index < -0.39 is 22.1 Å². The number of rotatable bonds is 6. The molecule has 1 saturated heterocycles. The monoisotopic (exact) mass is 449 g/mol. The van der Waals surface area contributed by atoms with Crippen LogP contribution in [0.4, 0.5) is 4.79 Å². The SMILES string of the molecule is CC(C)(C)S[C@H]1CN(C(N)=O)C[C@@H]1NS(=O)(=O)c1ccc(Oc2ccccc2)cc1. The van der Waals surface area contributed by atoms with Gasteiger partial charge in [-0.15, -0.1) is 11.8 Å². The van der Waals surface area contributed by atoms with Crippen LogP contribution in [0, 0.1) is 0 Å². The van der Waals surface area contributed by atoms with Gasteiger partial charge in [-0.3, -0.25) is 0 Å². The summed E-state index contributed by atoms with van der Waals surface area (Å²) in [4.78, 5) is 13.2. The van der Waals surface area contributed by atoms with Gasteiger partial charge in [0.15, 0.2) is 0 Å². The second kappa shape index (κ2) is 8.87. The maximum atomic E-state index is 12.9. The van der Waals surface area contributed by atoms with Crippen molar-refractivity contribution < 1.29 is 17.9 Å². The molecule has 30 heavy (non-hydrogen) atoms. The summed E-state index contributed by atoms with van der Waals surface area (Å²) in [6, 6.07) is 14.5. The van der Waals surface area contributed by atoms with Crippen LogP contribution in [0.15, 0.2) is 59.5 Å². The number of nitrogens with zero attached hydrogens (tertiary/aromatic N) is 1. The van der Waals surface area contributed by atoms with Crippen molar-refractivity contribution in [2.45, 2.75) is 41.7 Å². The highest BCUT2D eigenvalue weighted by atomic mass is 32.2. The van der Waals surface area contributed by atoms with Crippen molar-refractivity contribution in [1.82, 2.24) is 9.62 Å². The highest BCUT2D eigenvalue weighted by Gasteiger charge is 2.39. The van der Waals surface area contributed by atoms with Gasteiger partial charge in [-0.2, -0.15) is 0 Å². The van der Waals surface area contributed by atoms with Gasteiger partial charge in [0, 0.05) is 23.1 Å². The zero-order chi connectivity index (χ0) is 21.9. The molecule has 2 amide bonds. The smallest absolute Gasteiger partial charge is 0.314 e. The molecule has 2 aromatic carbocycles. The van der Waals surface area contributed by atoms with Crippen LogP contribution in [-0.4, -0.2) is 48.5 Å². The standard InChI is InChI=1S/C21H27N3O4S2/c1-21(2,3)29-19-14-24(20(22)25)13-18(19)23-30(26,27)17-11-9-16(10-12-17)28-15-7-5-4-6-8-15/h4-12,18-19,23H,13-14H2,1-3H3,(H2,22,25)/t18-,19-/m0/s1. The number of para-hydroxylation sites is 1. The van der Waals surface area contributed by atoms with Gasteiger partial charge in [0.25, 0.3) is 0 Å². The van der Waals surface area contributed by atoms with Gasteiger partial charge in [0.1, 0.15) is 11.5 Å². The number of likely N-dealkylation sites (tertiary alicyclic amines) is 1. The first-order valence-electron chi connectivity index (χ1n) is 9.61. The molecule has 0 bridgehead atoms. The van der Waals surface area contributed by atoms with E-state index in [1.54, 1.807) is 23.9 Å². The van der Waals surface area contributed by atoms with E-state index in [0.29, 0.717) is 18.0 Å². The van der Waals surface area contributed by atoms with Crippen molar-refractivity contribution in [3.63, 3.8) is 0 Å². The van der Waals surface area contributed by atoms with Gasteiger partial charge in [-0.25, -0.2) is 17.9 Å². The number of amides is 2. The van der Waals surface area contributed by atoms with E-state index in [2.05, 4.69) is 25.5 Å². The molecule has 1 fully saturated rings. The lowest BCUT2D eigenvalue weighted by Crippen LogP contribution is -2.43. The number of ether oxygens (including phenoxy) is 1. The number of nitrogens with one attached hydrogen (secondary N) is 1. The molecular formula is C21H27N3O4S2. The maximum absolute atomic E-state index is 12.9. The number of carbonyl (C=O) groups excluding carboxylic acids is 1. The van der Waals surface area contributed by atoms with Crippen LogP contribution in [-0.2, 0) is 10.0 Å². The molecule has 0 aliphatic carbocycles. The van der Waals surface area contributed by atoms with Crippen molar-refractivity contribution in [2.75, 3.05) is 13.1 Å². The van der Waals surface area contributed by atoms with Crippen LogP contribution in [0.2, 0.25) is 0 Å². The fourth-order valence-electron chi connectivity index (χ4n) is 3.22. The number of carbonyl (C=O) groups is 1. The van der Waals surface area contributed by atoms with Crippen LogP contribution in [0.5, 0.6) is 11.5 Å². The predicted molar refractivity (Wildman–Crippen MR) is 119 cm³/mol. The lowest BCUT2D eigenvalue weighted by Gasteiger charge is -2.26. The zero-order valence-corrected chi connectivity index (χ0v) is 18.9. The lowest BCUT2D eigenvalue weighted by atomic mass is 10.2. The second-order valence-corrected chi connectivity index (χ2v) is 11.9. The Hall–Kier alpha value is -2.23. The highest BCUT2D eigenvalue weighted by molar-refractivity contribution is 8.01. The van der Waals surface area contributed by atoms with Gasteiger partial charge in [-0.1, -0.05) is 39.0 Å². The number of benzene rings is 2. The summed E-state index contributed by atoms with van der Waals surface area (Å²) in [6.45, 7) is 6.83. The molecule has 2 atom stereocenters. The topological polar surface area (TPSA) is 102 Å². The molecule has 3 rings (SSSR count). The molecular weight excluding hydrogens is 422 g/mol. The third-order valence-electron chi connectivity index (χ3n) is 4.50. The summed E-state index contributed by atoms with van der Waals surface area (Å²) in [5.41, 5.74) is 5.43. The van der Waals surface area contributed by atoms with Gasteiger partial charge in [0.2, 0.25) is 10.0 Å². The second-order valence-electron chi connectivity index (χ2n) is 8.13. The largest absolute Gasteiger partial charge is 0.457 e. The number of urea groups is 1. The van der Waals surface area contributed by atoms with Crippen LogP contribution in [0.3, 0.4) is 0 Å². The molecule has 0 aromatic heterocycles. The van der Waals surface area contributed by atoms with Crippen molar-refractivity contribution in [3.05, 3.63) is 54.6 Å². The Bertz CT molecular complexity index is 974. The van der Waals surface area contributed by atoms with Crippen molar-refractivity contribution in [1.29, 1.82) is 0 Å². The zero-order valence-electron chi connectivity index (χ0n) is 17.2. The third kappa shape index (κ3) is 5.90. The van der Waals surface area contributed by atoms with Crippen LogP contribution >= 0.6 is 11.8 Å². The Morgan fingerprint density at radius 1 is 1.07 bits per heavy atom. The van der Waals surface area contributed by atoms with Gasteiger partial charge >= 0.3 is 6.03 Å². The molecule has 0 radical (unpaired) electrons. The van der Waals surface area contributed by atoms with E-state index in [-0.39, 0.29) is 21.4 Å². The van der Waals surface area contributed by atoms with E-state index in [1.807, 2.05) is 30.3 Å².